The number of benzene rings is 4. The monoisotopic (exact) mass is 483 g/mol. The summed E-state index contributed by atoms with van der Waals surface area (Å²) in [6.07, 6.45) is 10.1. The summed E-state index contributed by atoms with van der Waals surface area (Å²) in [5, 5.41) is 0. The van der Waals surface area contributed by atoms with Crippen LogP contribution in [-0.2, 0) is 10.8 Å². The van der Waals surface area contributed by atoms with Crippen molar-refractivity contribution in [1.82, 2.24) is 0 Å². The van der Waals surface area contributed by atoms with Crippen LogP contribution < -0.4 is 4.74 Å². The van der Waals surface area contributed by atoms with Gasteiger partial charge in [-0.3, -0.25) is 4.99 Å². The number of hydrogen-bond donors (Lipinski definition) is 0. The first kappa shape index (κ1) is 22.5. The highest BCUT2D eigenvalue weighted by molar-refractivity contribution is 5.82. The Labute approximate surface area is 220 Å². The maximum absolute atomic E-state index is 5.98. The normalized spacial score (nSPS) is 28.0. The van der Waals surface area contributed by atoms with E-state index < -0.39 is 0 Å². The topological polar surface area (TPSA) is 21.6 Å². The highest BCUT2D eigenvalue weighted by Crippen LogP contribution is 2.66. The first-order valence-corrected chi connectivity index (χ1v) is 13.7. The molecule has 0 spiro atoms. The quantitative estimate of drug-likeness (QED) is 0.251. The SMILES string of the molecule is C(=Nc1ccc(C23C[C@H]4C[C@@H](CC(c5ccccc5)(C4)C2)C3)cc1)c1cccc(Oc2ccccc2)c1. The molecule has 0 heterocycles. The predicted octanol–water partition coefficient (Wildman–Crippen LogP) is 9.02. The maximum atomic E-state index is 5.98. The zero-order valence-electron chi connectivity index (χ0n) is 21.2. The molecule has 4 aromatic rings. The zero-order chi connectivity index (χ0) is 24.7. The van der Waals surface area contributed by atoms with Gasteiger partial charge in [-0.05, 0) is 114 Å². The molecule has 0 saturated heterocycles. The molecule has 4 aromatic carbocycles. The summed E-state index contributed by atoms with van der Waals surface area (Å²) in [5.74, 6) is 3.39. The molecule has 0 amide bonds. The molecule has 4 saturated carbocycles. The molecular formula is C35H33NO. The van der Waals surface area contributed by atoms with Gasteiger partial charge in [-0.1, -0.05) is 72.8 Å². The van der Waals surface area contributed by atoms with E-state index in [1.54, 1.807) is 5.56 Å². The molecule has 2 heteroatoms. The molecule has 2 nitrogen and oxygen atoms in total. The lowest BCUT2D eigenvalue weighted by Crippen LogP contribution is -2.55. The Hall–Kier alpha value is -3.65. The van der Waals surface area contributed by atoms with Crippen LogP contribution >= 0.6 is 0 Å². The average molecular weight is 484 g/mol. The Balaban J connectivity index is 1.10. The standard InChI is InChI=1S/C35H33NO/c1-3-9-29(10-4-1)34-20-27-18-28(21-34)23-35(22-27,25-34)30-14-16-31(17-15-30)36-24-26-8-7-13-33(19-26)37-32-11-5-2-6-12-32/h1-17,19,24,27-28H,18,20-23,25H2/t27-,28-,34?,35?/m0/s1. The molecule has 4 fully saturated rings. The van der Waals surface area contributed by atoms with Crippen LogP contribution in [0, 0.1) is 11.8 Å². The minimum absolute atomic E-state index is 0.325. The predicted molar refractivity (Wildman–Crippen MR) is 151 cm³/mol. The molecule has 2 atom stereocenters. The van der Waals surface area contributed by atoms with Crippen LogP contribution in [-0.4, -0.2) is 6.21 Å². The Morgan fingerprint density at radius 2 is 1.22 bits per heavy atom. The molecule has 0 aromatic heterocycles. The average Bonchev–Trinajstić information content (AvgIpc) is 2.93. The van der Waals surface area contributed by atoms with Gasteiger partial charge in [-0.15, -0.1) is 0 Å². The minimum atomic E-state index is 0.325. The zero-order valence-corrected chi connectivity index (χ0v) is 21.2. The summed E-state index contributed by atoms with van der Waals surface area (Å²) in [7, 11) is 0. The smallest absolute Gasteiger partial charge is 0.128 e. The van der Waals surface area contributed by atoms with Crippen LogP contribution in [0.4, 0.5) is 5.69 Å². The maximum Gasteiger partial charge on any atom is 0.128 e. The highest BCUT2D eigenvalue weighted by Gasteiger charge is 2.58. The lowest BCUT2D eigenvalue weighted by molar-refractivity contribution is -0.0281. The van der Waals surface area contributed by atoms with E-state index in [-0.39, 0.29) is 0 Å². The van der Waals surface area contributed by atoms with Gasteiger partial charge in [0.15, 0.2) is 0 Å². The van der Waals surface area contributed by atoms with Crippen LogP contribution in [0.25, 0.3) is 0 Å². The molecule has 4 aliphatic rings. The summed E-state index contributed by atoms with van der Waals surface area (Å²) in [6, 6.07) is 38.5. The summed E-state index contributed by atoms with van der Waals surface area (Å²) < 4.78 is 5.98. The third-order valence-electron chi connectivity index (χ3n) is 9.13. The van der Waals surface area contributed by atoms with E-state index in [0.717, 1.165) is 34.6 Å². The van der Waals surface area contributed by atoms with E-state index in [2.05, 4.69) is 60.7 Å². The largest absolute Gasteiger partial charge is 0.457 e. The lowest BCUT2D eigenvalue weighted by Gasteiger charge is -2.62. The summed E-state index contributed by atoms with van der Waals surface area (Å²) >= 11 is 0. The summed E-state index contributed by atoms with van der Waals surface area (Å²) in [5.41, 5.74) is 5.83. The lowest BCUT2D eigenvalue weighted by atomic mass is 9.42. The van der Waals surface area contributed by atoms with Crippen molar-refractivity contribution in [2.75, 3.05) is 0 Å². The molecule has 4 aliphatic carbocycles. The van der Waals surface area contributed by atoms with E-state index in [1.807, 2.05) is 54.7 Å². The second-order valence-electron chi connectivity index (χ2n) is 11.7. The number of nitrogens with zero attached hydrogens (tertiary/aromatic N) is 1. The molecule has 0 unspecified atom stereocenters. The molecule has 8 rings (SSSR count). The summed E-state index contributed by atoms with van der Waals surface area (Å²) in [4.78, 5) is 4.79. The van der Waals surface area contributed by atoms with Gasteiger partial charge in [0.05, 0.1) is 5.69 Å². The Kier molecular flexibility index (Phi) is 5.50. The fraction of sp³-hybridized carbons (Fsp3) is 0.286. The van der Waals surface area contributed by atoms with Crippen LogP contribution in [0.2, 0.25) is 0 Å². The molecular weight excluding hydrogens is 450 g/mol. The number of hydrogen-bond acceptors (Lipinski definition) is 2. The van der Waals surface area contributed by atoms with E-state index in [9.17, 15) is 0 Å². The first-order valence-electron chi connectivity index (χ1n) is 13.7. The van der Waals surface area contributed by atoms with Crippen LogP contribution in [0.1, 0.15) is 55.2 Å². The first-order chi connectivity index (χ1) is 18.2. The van der Waals surface area contributed by atoms with Gasteiger partial charge in [0, 0.05) is 6.21 Å². The van der Waals surface area contributed by atoms with Crippen molar-refractivity contribution in [1.29, 1.82) is 0 Å². The van der Waals surface area contributed by atoms with Gasteiger partial charge in [0.1, 0.15) is 11.5 Å². The fourth-order valence-electron chi connectivity index (χ4n) is 8.06. The molecule has 0 N–H and O–H groups in total. The van der Waals surface area contributed by atoms with Crippen LogP contribution in [0.3, 0.4) is 0 Å². The van der Waals surface area contributed by atoms with Gasteiger partial charge >= 0.3 is 0 Å². The number of aliphatic imine (C=N–C) groups is 1. The van der Waals surface area contributed by atoms with Crippen LogP contribution in [0.15, 0.2) is 114 Å². The third kappa shape index (κ3) is 4.29. The number of ether oxygens (including phenoxy) is 1. The van der Waals surface area contributed by atoms with E-state index >= 15 is 0 Å². The molecule has 37 heavy (non-hydrogen) atoms. The molecule has 184 valence electrons. The van der Waals surface area contributed by atoms with Crippen LogP contribution in [0.5, 0.6) is 11.5 Å². The molecule has 4 bridgehead atoms. The van der Waals surface area contributed by atoms with Crippen molar-refractivity contribution in [3.63, 3.8) is 0 Å². The van der Waals surface area contributed by atoms with Gasteiger partial charge < -0.3 is 4.74 Å². The van der Waals surface area contributed by atoms with E-state index in [4.69, 9.17) is 9.73 Å². The Morgan fingerprint density at radius 3 is 1.89 bits per heavy atom. The van der Waals surface area contributed by atoms with Crippen molar-refractivity contribution >= 4 is 11.9 Å². The van der Waals surface area contributed by atoms with Gasteiger partial charge in [0.25, 0.3) is 0 Å². The van der Waals surface area contributed by atoms with Gasteiger partial charge in [0.2, 0.25) is 0 Å². The third-order valence-corrected chi connectivity index (χ3v) is 9.13. The van der Waals surface area contributed by atoms with Gasteiger partial charge in [-0.25, -0.2) is 0 Å². The second kappa shape index (κ2) is 9.03. The van der Waals surface area contributed by atoms with E-state index in [1.165, 1.54) is 44.1 Å². The van der Waals surface area contributed by atoms with Crippen molar-refractivity contribution in [3.8, 4) is 11.5 Å². The van der Waals surface area contributed by atoms with Crippen molar-refractivity contribution in [2.24, 2.45) is 16.8 Å². The van der Waals surface area contributed by atoms with E-state index in [0.29, 0.717) is 10.8 Å². The van der Waals surface area contributed by atoms with Crippen molar-refractivity contribution < 1.29 is 4.74 Å². The Morgan fingerprint density at radius 1 is 0.622 bits per heavy atom. The Bertz CT molecular complexity index is 1390. The fourth-order valence-corrected chi connectivity index (χ4v) is 8.06. The minimum Gasteiger partial charge on any atom is -0.457 e. The second-order valence-corrected chi connectivity index (χ2v) is 11.7. The van der Waals surface area contributed by atoms with Gasteiger partial charge in [-0.2, -0.15) is 0 Å². The number of para-hydroxylation sites is 1. The van der Waals surface area contributed by atoms with Crippen molar-refractivity contribution in [3.05, 3.63) is 126 Å². The highest BCUT2D eigenvalue weighted by atomic mass is 16.5. The summed E-state index contributed by atoms with van der Waals surface area (Å²) in [6.45, 7) is 0. The van der Waals surface area contributed by atoms with Crippen molar-refractivity contribution in [2.45, 2.75) is 49.4 Å². The molecule has 0 aliphatic heterocycles. The molecule has 0 radical (unpaired) electrons. The number of rotatable bonds is 6.